The molecule has 0 atom stereocenters. The lowest BCUT2D eigenvalue weighted by atomic mass is 10.1. The molecule has 0 aliphatic carbocycles. The monoisotopic (exact) mass is 481 g/mol. The molecule has 0 nitrogen and oxygen atoms in total. The van der Waals surface area contributed by atoms with E-state index in [1.807, 2.05) is 0 Å². The zero-order chi connectivity index (χ0) is 22.4. The van der Waals surface area contributed by atoms with Gasteiger partial charge in [-0.05, 0) is 94.3 Å². The van der Waals surface area contributed by atoms with Crippen molar-refractivity contribution in [2.45, 2.75) is 60.7 Å². The van der Waals surface area contributed by atoms with E-state index >= 15 is 0 Å². The Labute approximate surface area is 192 Å². The molecule has 3 aromatic rings. The van der Waals surface area contributed by atoms with Crippen molar-refractivity contribution in [2.75, 3.05) is 6.66 Å². The van der Waals surface area contributed by atoms with Gasteiger partial charge < -0.3 is 0 Å². The fraction of sp³-hybridized carbons (Fsp3) is 0.357. The SMILES string of the molecule is Cc1cc(C)c([P+](C)(c2c(C)cc(C)cc2C)c2c(C)cc(CBr)cc2C)c(C)c1. The minimum absolute atomic E-state index is 0.898. The van der Waals surface area contributed by atoms with Crippen LogP contribution in [-0.4, -0.2) is 6.66 Å². The van der Waals surface area contributed by atoms with Crippen molar-refractivity contribution < 1.29 is 0 Å². The lowest BCUT2D eigenvalue weighted by molar-refractivity contribution is 1.32. The zero-order valence-electron chi connectivity index (χ0n) is 20.0. The van der Waals surface area contributed by atoms with Crippen LogP contribution in [0.2, 0.25) is 0 Å². The van der Waals surface area contributed by atoms with Crippen molar-refractivity contribution >= 4 is 39.1 Å². The van der Waals surface area contributed by atoms with Crippen LogP contribution >= 0.6 is 23.2 Å². The Kier molecular flexibility index (Phi) is 6.66. The molecule has 0 heterocycles. The van der Waals surface area contributed by atoms with E-state index in [0.29, 0.717) is 0 Å². The Balaban J connectivity index is 2.53. The molecule has 0 unspecified atom stereocenters. The molecular weight excluding hydrogens is 447 g/mol. The van der Waals surface area contributed by atoms with E-state index in [2.05, 4.69) is 114 Å². The highest BCUT2D eigenvalue weighted by molar-refractivity contribution is 9.08. The van der Waals surface area contributed by atoms with Gasteiger partial charge in [0.15, 0.2) is 0 Å². The molecule has 3 aromatic carbocycles. The normalized spacial score (nSPS) is 11.8. The minimum atomic E-state index is -1.84. The Bertz CT molecular complexity index is 997. The number of aryl methyl sites for hydroxylation is 8. The fourth-order valence-electron chi connectivity index (χ4n) is 5.92. The van der Waals surface area contributed by atoms with Crippen LogP contribution in [0.25, 0.3) is 0 Å². The Morgan fingerprint density at radius 3 is 1.07 bits per heavy atom. The van der Waals surface area contributed by atoms with Gasteiger partial charge in [0.05, 0.1) is 6.66 Å². The van der Waals surface area contributed by atoms with E-state index in [-0.39, 0.29) is 0 Å². The molecule has 0 N–H and O–H groups in total. The molecule has 0 aliphatic rings. The van der Waals surface area contributed by atoms with E-state index in [9.17, 15) is 0 Å². The Morgan fingerprint density at radius 1 is 0.533 bits per heavy atom. The summed E-state index contributed by atoms with van der Waals surface area (Å²) in [5.41, 5.74) is 12.6. The van der Waals surface area contributed by atoms with Gasteiger partial charge in [0.1, 0.15) is 23.2 Å². The second-order valence-electron chi connectivity index (χ2n) is 9.21. The van der Waals surface area contributed by atoms with Crippen LogP contribution in [0.4, 0.5) is 0 Å². The average Bonchev–Trinajstić information content (AvgIpc) is 2.58. The molecule has 0 aliphatic heterocycles. The molecule has 3 rings (SSSR count). The second-order valence-corrected chi connectivity index (χ2v) is 13.1. The Hall–Kier alpha value is -1.43. The highest BCUT2D eigenvalue weighted by Gasteiger charge is 2.47. The minimum Gasteiger partial charge on any atom is -0.0876 e. The van der Waals surface area contributed by atoms with Crippen LogP contribution in [-0.2, 0) is 5.33 Å². The number of rotatable bonds is 4. The molecule has 158 valence electrons. The first-order valence-corrected chi connectivity index (χ1v) is 14.1. The third kappa shape index (κ3) is 3.92. The highest BCUT2D eigenvalue weighted by Crippen LogP contribution is 2.56. The van der Waals surface area contributed by atoms with Crippen LogP contribution in [0.5, 0.6) is 0 Å². The average molecular weight is 482 g/mol. The molecule has 0 saturated heterocycles. The third-order valence-electron chi connectivity index (χ3n) is 6.32. The van der Waals surface area contributed by atoms with Gasteiger partial charge >= 0.3 is 0 Å². The summed E-state index contributed by atoms with van der Waals surface area (Å²) in [5, 5.41) is 5.56. The van der Waals surface area contributed by atoms with Gasteiger partial charge in [-0.25, -0.2) is 0 Å². The van der Waals surface area contributed by atoms with E-state index in [1.165, 1.54) is 50.1 Å². The van der Waals surface area contributed by atoms with Crippen molar-refractivity contribution in [2.24, 2.45) is 0 Å². The van der Waals surface area contributed by atoms with Crippen LogP contribution in [0, 0.1) is 55.4 Å². The van der Waals surface area contributed by atoms with Crippen molar-refractivity contribution in [3.05, 3.63) is 86.5 Å². The molecule has 0 radical (unpaired) electrons. The number of halogens is 1. The number of hydrogen-bond acceptors (Lipinski definition) is 0. The first-order valence-electron chi connectivity index (χ1n) is 10.7. The maximum absolute atomic E-state index is 3.66. The lowest BCUT2D eigenvalue weighted by Crippen LogP contribution is -2.38. The molecule has 30 heavy (non-hydrogen) atoms. The largest absolute Gasteiger partial charge is 0.110 e. The molecule has 0 amide bonds. The summed E-state index contributed by atoms with van der Waals surface area (Å²) in [6.07, 6.45) is 0. The predicted octanol–water partition coefficient (Wildman–Crippen LogP) is 6.97. The smallest absolute Gasteiger partial charge is 0.0876 e. The van der Waals surface area contributed by atoms with Gasteiger partial charge in [-0.2, -0.15) is 0 Å². The summed E-state index contributed by atoms with van der Waals surface area (Å²) in [6, 6.07) is 14.3. The lowest BCUT2D eigenvalue weighted by Gasteiger charge is -2.31. The summed E-state index contributed by atoms with van der Waals surface area (Å²) in [5.74, 6) is 0. The van der Waals surface area contributed by atoms with Crippen LogP contribution < -0.4 is 15.9 Å². The van der Waals surface area contributed by atoms with Gasteiger partial charge in [0.2, 0.25) is 0 Å². The molecule has 2 heteroatoms. The quantitative estimate of drug-likeness (QED) is 0.278. The van der Waals surface area contributed by atoms with E-state index < -0.39 is 7.26 Å². The fourth-order valence-corrected chi connectivity index (χ4v) is 11.5. The maximum atomic E-state index is 3.66. The summed E-state index contributed by atoms with van der Waals surface area (Å²) in [6.45, 7) is 20.8. The van der Waals surface area contributed by atoms with Crippen LogP contribution in [0.3, 0.4) is 0 Å². The third-order valence-corrected chi connectivity index (χ3v) is 11.8. The van der Waals surface area contributed by atoms with Gasteiger partial charge in [0.25, 0.3) is 0 Å². The van der Waals surface area contributed by atoms with Gasteiger partial charge in [0, 0.05) is 5.33 Å². The molecular formula is C28H35BrP+. The standard InChI is InChI=1S/C28H35BrP/c1-17-10-19(3)26(20(4)11-17)30(9,27-21(5)12-18(2)13-22(27)6)28-23(7)14-25(16-29)15-24(28)8/h10-15H,16H2,1-9H3/q+1. The number of hydrogen-bond donors (Lipinski definition) is 0. The van der Waals surface area contributed by atoms with E-state index in [4.69, 9.17) is 0 Å². The van der Waals surface area contributed by atoms with E-state index in [1.54, 1.807) is 15.9 Å². The number of alkyl halides is 1. The molecule has 0 aromatic heterocycles. The van der Waals surface area contributed by atoms with Crippen molar-refractivity contribution in [1.29, 1.82) is 0 Å². The maximum Gasteiger partial charge on any atom is 0.110 e. The number of benzene rings is 3. The van der Waals surface area contributed by atoms with E-state index in [0.717, 1.165) is 5.33 Å². The Morgan fingerprint density at radius 2 is 0.800 bits per heavy atom. The van der Waals surface area contributed by atoms with Crippen molar-refractivity contribution in [1.82, 2.24) is 0 Å². The summed E-state index contributed by atoms with van der Waals surface area (Å²) < 4.78 is 0. The molecule has 0 saturated carbocycles. The molecule has 0 bridgehead atoms. The van der Waals surface area contributed by atoms with Crippen molar-refractivity contribution in [3.8, 4) is 0 Å². The first kappa shape index (κ1) is 23.2. The second kappa shape index (κ2) is 8.60. The summed E-state index contributed by atoms with van der Waals surface area (Å²) in [4.78, 5) is 0. The van der Waals surface area contributed by atoms with Gasteiger partial charge in [-0.3, -0.25) is 0 Å². The first-order chi connectivity index (χ1) is 14.0. The van der Waals surface area contributed by atoms with Gasteiger partial charge in [-0.15, -0.1) is 0 Å². The zero-order valence-corrected chi connectivity index (χ0v) is 22.5. The van der Waals surface area contributed by atoms with Crippen molar-refractivity contribution in [3.63, 3.8) is 0 Å². The topological polar surface area (TPSA) is 0 Å². The molecule has 0 fully saturated rings. The van der Waals surface area contributed by atoms with Crippen LogP contribution in [0.1, 0.15) is 50.1 Å². The summed E-state index contributed by atoms with van der Waals surface area (Å²) >= 11 is 3.66. The molecule has 0 spiro atoms. The highest BCUT2D eigenvalue weighted by atomic mass is 79.9. The van der Waals surface area contributed by atoms with Crippen LogP contribution in [0.15, 0.2) is 36.4 Å². The predicted molar refractivity (Wildman–Crippen MR) is 142 cm³/mol. The summed E-state index contributed by atoms with van der Waals surface area (Å²) in [7, 11) is -1.84. The van der Waals surface area contributed by atoms with Gasteiger partial charge in [-0.1, -0.05) is 63.5 Å².